The molecule has 116 valence electrons. The zero-order valence-corrected chi connectivity index (χ0v) is 13.4. The number of benzene rings is 1. The van der Waals surface area contributed by atoms with Gasteiger partial charge in [0.1, 0.15) is 0 Å². The predicted molar refractivity (Wildman–Crippen MR) is 89.4 cm³/mol. The topological polar surface area (TPSA) is 15.3 Å². The Kier molecular flexibility index (Phi) is 5.32. The van der Waals surface area contributed by atoms with Crippen LogP contribution in [0.5, 0.6) is 0 Å². The van der Waals surface area contributed by atoms with Crippen LogP contribution in [-0.4, -0.2) is 30.6 Å². The lowest BCUT2D eigenvalue weighted by molar-refractivity contribution is 0.122. The maximum Gasteiger partial charge on any atom is 0.0473 e. The highest BCUT2D eigenvalue weighted by atomic mass is 15.2. The first-order valence-corrected chi connectivity index (χ1v) is 8.85. The van der Waals surface area contributed by atoms with E-state index in [1.165, 1.54) is 57.2 Å². The zero-order valence-electron chi connectivity index (χ0n) is 13.4. The van der Waals surface area contributed by atoms with Crippen molar-refractivity contribution in [3.8, 4) is 0 Å². The number of rotatable bonds is 4. The summed E-state index contributed by atoms with van der Waals surface area (Å²) >= 11 is 0. The van der Waals surface area contributed by atoms with Crippen LogP contribution in [-0.2, 0) is 0 Å². The van der Waals surface area contributed by atoms with Gasteiger partial charge < -0.3 is 5.32 Å². The first-order chi connectivity index (χ1) is 10.3. The van der Waals surface area contributed by atoms with Crippen LogP contribution in [0.1, 0.15) is 57.1 Å². The molecule has 1 N–H and O–H groups in total. The Morgan fingerprint density at radius 2 is 1.86 bits per heavy atom. The van der Waals surface area contributed by atoms with E-state index in [2.05, 4.69) is 47.5 Å². The van der Waals surface area contributed by atoms with E-state index in [0.717, 1.165) is 12.5 Å². The van der Waals surface area contributed by atoms with E-state index in [9.17, 15) is 0 Å². The van der Waals surface area contributed by atoms with E-state index in [1.807, 2.05) is 0 Å². The van der Waals surface area contributed by atoms with Gasteiger partial charge >= 0.3 is 0 Å². The highest BCUT2D eigenvalue weighted by Gasteiger charge is 2.27. The fourth-order valence-corrected chi connectivity index (χ4v) is 4.06. The molecule has 1 heterocycles. The second kappa shape index (κ2) is 7.42. The molecule has 0 amide bonds. The Morgan fingerprint density at radius 3 is 2.62 bits per heavy atom. The molecular weight excluding hydrogens is 256 g/mol. The molecule has 3 rings (SSSR count). The van der Waals surface area contributed by atoms with Crippen LogP contribution in [0.3, 0.4) is 0 Å². The minimum atomic E-state index is 0.561. The Hall–Kier alpha value is -0.860. The van der Waals surface area contributed by atoms with Crippen molar-refractivity contribution < 1.29 is 0 Å². The Morgan fingerprint density at radius 1 is 1.10 bits per heavy atom. The molecule has 2 unspecified atom stereocenters. The van der Waals surface area contributed by atoms with E-state index in [0.29, 0.717) is 12.1 Å². The van der Waals surface area contributed by atoms with Gasteiger partial charge in [-0.15, -0.1) is 0 Å². The van der Waals surface area contributed by atoms with Crippen molar-refractivity contribution in [1.82, 2.24) is 10.2 Å². The van der Waals surface area contributed by atoms with Gasteiger partial charge in [0, 0.05) is 25.2 Å². The van der Waals surface area contributed by atoms with Gasteiger partial charge in [-0.25, -0.2) is 0 Å². The molecule has 2 nitrogen and oxygen atoms in total. The molecule has 1 aliphatic heterocycles. The third-order valence-corrected chi connectivity index (χ3v) is 5.34. The predicted octanol–water partition coefficient (Wildman–Crippen LogP) is 3.99. The quantitative estimate of drug-likeness (QED) is 0.900. The molecule has 2 heteroatoms. The minimum absolute atomic E-state index is 0.561. The molecule has 0 aromatic heterocycles. The van der Waals surface area contributed by atoms with Crippen LogP contribution in [0.15, 0.2) is 30.3 Å². The molecule has 2 atom stereocenters. The number of piperazine rings is 1. The normalized spacial score (nSPS) is 28.6. The molecule has 1 aliphatic carbocycles. The van der Waals surface area contributed by atoms with Crippen molar-refractivity contribution in [2.24, 2.45) is 5.92 Å². The number of nitrogens with one attached hydrogen (secondary N) is 1. The highest BCUT2D eigenvalue weighted by Crippen LogP contribution is 2.29. The molecule has 21 heavy (non-hydrogen) atoms. The second-order valence-corrected chi connectivity index (χ2v) is 7.02. The number of nitrogens with zero attached hydrogens (tertiary/aromatic N) is 1. The van der Waals surface area contributed by atoms with E-state index in [-0.39, 0.29) is 0 Å². The van der Waals surface area contributed by atoms with Crippen LogP contribution >= 0.6 is 0 Å². The van der Waals surface area contributed by atoms with Crippen molar-refractivity contribution in [1.29, 1.82) is 0 Å². The maximum absolute atomic E-state index is 3.66. The molecule has 0 spiro atoms. The zero-order chi connectivity index (χ0) is 14.5. The number of hydrogen-bond acceptors (Lipinski definition) is 2. The van der Waals surface area contributed by atoms with Gasteiger partial charge in [-0.1, -0.05) is 62.4 Å². The second-order valence-electron chi connectivity index (χ2n) is 7.02. The van der Waals surface area contributed by atoms with E-state index < -0.39 is 0 Å². The molecule has 0 radical (unpaired) electrons. The Labute approximate surface area is 129 Å². The summed E-state index contributed by atoms with van der Waals surface area (Å²) in [6.45, 7) is 5.87. The third kappa shape index (κ3) is 4.08. The Balaban J connectivity index is 1.61. The van der Waals surface area contributed by atoms with Gasteiger partial charge in [-0.3, -0.25) is 4.90 Å². The van der Waals surface area contributed by atoms with Gasteiger partial charge in [0.15, 0.2) is 0 Å². The third-order valence-electron chi connectivity index (χ3n) is 5.34. The molecule has 0 bridgehead atoms. The lowest BCUT2D eigenvalue weighted by atomic mass is 9.86. The van der Waals surface area contributed by atoms with Crippen LogP contribution in [0, 0.1) is 5.92 Å². The summed E-state index contributed by atoms with van der Waals surface area (Å²) < 4.78 is 0. The monoisotopic (exact) mass is 286 g/mol. The summed E-state index contributed by atoms with van der Waals surface area (Å²) in [6, 6.07) is 12.2. The van der Waals surface area contributed by atoms with Crippen molar-refractivity contribution in [2.45, 2.75) is 57.5 Å². The first-order valence-electron chi connectivity index (χ1n) is 8.85. The average Bonchev–Trinajstić information content (AvgIpc) is 2.55. The van der Waals surface area contributed by atoms with Gasteiger partial charge in [0.05, 0.1) is 0 Å². The average molecular weight is 286 g/mol. The molecule has 1 saturated carbocycles. The summed E-state index contributed by atoms with van der Waals surface area (Å²) in [6.07, 6.45) is 8.73. The highest BCUT2D eigenvalue weighted by molar-refractivity contribution is 5.20. The summed E-state index contributed by atoms with van der Waals surface area (Å²) in [5.41, 5.74) is 1.47. The van der Waals surface area contributed by atoms with Crippen molar-refractivity contribution in [3.63, 3.8) is 0 Å². The van der Waals surface area contributed by atoms with E-state index >= 15 is 0 Å². The van der Waals surface area contributed by atoms with Gasteiger partial charge in [0.2, 0.25) is 0 Å². The molecule has 1 saturated heterocycles. The van der Waals surface area contributed by atoms with Crippen molar-refractivity contribution in [3.05, 3.63) is 35.9 Å². The lowest BCUT2D eigenvalue weighted by Gasteiger charge is -2.40. The molecule has 2 fully saturated rings. The minimum Gasteiger partial charge on any atom is -0.311 e. The maximum atomic E-state index is 3.66. The van der Waals surface area contributed by atoms with Crippen LogP contribution in [0.4, 0.5) is 0 Å². The summed E-state index contributed by atoms with van der Waals surface area (Å²) in [5.74, 6) is 0.986. The van der Waals surface area contributed by atoms with E-state index in [1.54, 1.807) is 0 Å². The summed E-state index contributed by atoms with van der Waals surface area (Å²) in [7, 11) is 0. The van der Waals surface area contributed by atoms with Crippen LogP contribution in [0.2, 0.25) is 0 Å². The van der Waals surface area contributed by atoms with Gasteiger partial charge in [-0.2, -0.15) is 0 Å². The van der Waals surface area contributed by atoms with Crippen LogP contribution < -0.4 is 5.32 Å². The van der Waals surface area contributed by atoms with Crippen LogP contribution in [0.25, 0.3) is 0 Å². The smallest absolute Gasteiger partial charge is 0.0473 e. The summed E-state index contributed by atoms with van der Waals surface area (Å²) in [4.78, 5) is 2.73. The molecular formula is C19H30N2. The first kappa shape index (κ1) is 15.1. The van der Waals surface area contributed by atoms with Crippen molar-refractivity contribution >= 4 is 0 Å². The SMILES string of the molecule is CC1CN(CCC2CCCCC2)C(c2ccccc2)CN1. The summed E-state index contributed by atoms with van der Waals surface area (Å²) in [5, 5.41) is 3.66. The number of hydrogen-bond donors (Lipinski definition) is 1. The standard InChI is InChI=1S/C19H30N2/c1-16-15-21(13-12-17-8-4-2-5-9-17)19(14-20-16)18-10-6-3-7-11-18/h3,6-7,10-11,16-17,19-20H,2,4-5,8-9,12-15H2,1H3. The Bertz CT molecular complexity index is 411. The lowest BCUT2D eigenvalue weighted by Crippen LogP contribution is -2.51. The molecule has 1 aromatic rings. The van der Waals surface area contributed by atoms with Gasteiger partial charge in [0.25, 0.3) is 0 Å². The van der Waals surface area contributed by atoms with Crippen molar-refractivity contribution in [2.75, 3.05) is 19.6 Å². The van der Waals surface area contributed by atoms with Gasteiger partial charge in [-0.05, 0) is 31.4 Å². The van der Waals surface area contributed by atoms with E-state index in [4.69, 9.17) is 0 Å². The molecule has 2 aliphatic rings. The largest absolute Gasteiger partial charge is 0.311 e. The molecule has 1 aromatic carbocycles. The fraction of sp³-hybridized carbons (Fsp3) is 0.684. The fourth-order valence-electron chi connectivity index (χ4n) is 4.06.